The summed E-state index contributed by atoms with van der Waals surface area (Å²) in [6.07, 6.45) is 0.564. The minimum atomic E-state index is -1.10. The molecule has 2 aromatic carbocycles. The molecule has 1 fully saturated rings. The van der Waals surface area contributed by atoms with Gasteiger partial charge in [-0.2, -0.15) is 0 Å². The Labute approximate surface area is 182 Å². The van der Waals surface area contributed by atoms with E-state index in [9.17, 15) is 19.5 Å². The van der Waals surface area contributed by atoms with Gasteiger partial charge in [-0.15, -0.1) is 0 Å². The summed E-state index contributed by atoms with van der Waals surface area (Å²) in [5, 5.41) is 18.8. The third-order valence-corrected chi connectivity index (χ3v) is 5.42. The third kappa shape index (κ3) is 4.95. The van der Waals surface area contributed by atoms with Crippen molar-refractivity contribution in [2.24, 2.45) is 4.99 Å². The molecule has 0 radical (unpaired) electrons. The van der Waals surface area contributed by atoms with Crippen LogP contribution in [0.4, 0.5) is 5.69 Å². The van der Waals surface area contributed by atoms with Gasteiger partial charge in [0.15, 0.2) is 11.3 Å². The lowest BCUT2D eigenvalue weighted by molar-refractivity contribution is -0.144. The molecule has 160 valence electrons. The van der Waals surface area contributed by atoms with Crippen LogP contribution < -0.4 is 4.74 Å². The molecule has 2 aromatic rings. The van der Waals surface area contributed by atoms with Gasteiger partial charge >= 0.3 is 11.9 Å². The predicted octanol–water partition coefficient (Wildman–Crippen LogP) is 3.86. The summed E-state index contributed by atoms with van der Waals surface area (Å²) in [5.41, 5.74) is 0.844. The Kier molecular flexibility index (Phi) is 6.76. The monoisotopic (exact) mass is 440 g/mol. The second-order valence-electron chi connectivity index (χ2n) is 6.51. The van der Waals surface area contributed by atoms with Crippen molar-refractivity contribution in [3.8, 4) is 5.75 Å². The van der Waals surface area contributed by atoms with Gasteiger partial charge in [0.25, 0.3) is 5.91 Å². The van der Waals surface area contributed by atoms with E-state index in [1.54, 1.807) is 55.5 Å². The van der Waals surface area contributed by atoms with Gasteiger partial charge in [-0.1, -0.05) is 30.3 Å². The number of aliphatic carboxylic acids is 1. The highest BCUT2D eigenvalue weighted by Gasteiger charge is 2.33. The summed E-state index contributed by atoms with van der Waals surface area (Å²) in [4.78, 5) is 41.7. The first kappa shape index (κ1) is 22.1. The van der Waals surface area contributed by atoms with Crippen molar-refractivity contribution in [2.45, 2.75) is 20.0 Å². The fraction of sp³-hybridized carbons (Fsp3) is 0.182. The number of amidine groups is 1. The molecule has 8 nitrogen and oxygen atoms in total. The number of carboxylic acids is 2. The van der Waals surface area contributed by atoms with Gasteiger partial charge in [-0.3, -0.25) is 9.69 Å². The molecule has 3 rings (SSSR count). The topological polar surface area (TPSA) is 117 Å². The van der Waals surface area contributed by atoms with E-state index in [1.807, 2.05) is 0 Å². The lowest BCUT2D eigenvalue weighted by atomic mass is 10.2. The van der Waals surface area contributed by atoms with E-state index >= 15 is 0 Å². The summed E-state index contributed by atoms with van der Waals surface area (Å²) in [6, 6.07) is 13.1. The Balaban J connectivity index is 1.97. The molecular weight excluding hydrogens is 420 g/mol. The van der Waals surface area contributed by atoms with E-state index in [-0.39, 0.29) is 17.2 Å². The van der Waals surface area contributed by atoms with Crippen LogP contribution in [0.2, 0.25) is 0 Å². The summed E-state index contributed by atoms with van der Waals surface area (Å²) in [6.45, 7) is 3.57. The molecule has 0 spiro atoms. The first-order valence-electron chi connectivity index (χ1n) is 9.42. The maximum absolute atomic E-state index is 12.9. The maximum atomic E-state index is 12.9. The number of ether oxygens (including phenoxy) is 1. The van der Waals surface area contributed by atoms with Gasteiger partial charge in [0.2, 0.25) is 0 Å². The summed E-state index contributed by atoms with van der Waals surface area (Å²) in [5.74, 6) is -2.15. The number of rotatable bonds is 7. The SMILES string of the molecule is CCN1C(=O)/C(=C/c2ccccc2OC(C)C(=O)O)SC1=Nc1ccccc1C(=O)O. The number of carbonyl (C=O) groups is 3. The second-order valence-corrected chi connectivity index (χ2v) is 7.52. The number of para-hydroxylation sites is 2. The standard InChI is InChI=1S/C22H20N2O6S/c1-3-24-19(25)18(12-14-8-4-7-11-17(14)30-13(2)20(26)27)31-22(24)23-16-10-6-5-9-15(16)21(28)29/h4-13H,3H2,1-2H3,(H,26,27)(H,28,29)/b18-12-,23-22?. The fourth-order valence-electron chi connectivity index (χ4n) is 2.81. The number of nitrogens with zero attached hydrogens (tertiary/aromatic N) is 2. The normalized spacial score (nSPS) is 17.2. The molecule has 1 amide bonds. The second kappa shape index (κ2) is 9.48. The Morgan fingerprint density at radius 3 is 2.52 bits per heavy atom. The van der Waals surface area contributed by atoms with Gasteiger partial charge in [-0.05, 0) is 49.9 Å². The van der Waals surface area contributed by atoms with Gasteiger partial charge in [0, 0.05) is 12.1 Å². The number of amides is 1. The molecule has 1 heterocycles. The van der Waals surface area contributed by atoms with Gasteiger partial charge < -0.3 is 14.9 Å². The zero-order valence-electron chi connectivity index (χ0n) is 16.8. The summed E-state index contributed by atoms with van der Waals surface area (Å²) < 4.78 is 5.50. The fourth-order valence-corrected chi connectivity index (χ4v) is 3.86. The van der Waals surface area contributed by atoms with Gasteiger partial charge in [-0.25, -0.2) is 14.6 Å². The molecule has 0 aliphatic carbocycles. The largest absolute Gasteiger partial charge is 0.479 e. The Morgan fingerprint density at radius 2 is 1.84 bits per heavy atom. The number of carboxylic acid groups (broad SMARTS) is 2. The molecule has 1 saturated heterocycles. The Morgan fingerprint density at radius 1 is 1.16 bits per heavy atom. The quantitative estimate of drug-likeness (QED) is 0.628. The number of aromatic carboxylic acids is 1. The number of carbonyl (C=O) groups excluding carboxylic acids is 1. The van der Waals surface area contributed by atoms with Crippen LogP contribution in [-0.2, 0) is 9.59 Å². The van der Waals surface area contributed by atoms with Crippen LogP contribution in [0.15, 0.2) is 58.4 Å². The highest BCUT2D eigenvalue weighted by atomic mass is 32.2. The summed E-state index contributed by atoms with van der Waals surface area (Å²) >= 11 is 1.12. The molecule has 31 heavy (non-hydrogen) atoms. The van der Waals surface area contributed by atoms with Crippen LogP contribution >= 0.6 is 11.8 Å². The number of hydrogen-bond donors (Lipinski definition) is 2. The number of benzene rings is 2. The van der Waals surface area contributed by atoms with Crippen LogP contribution in [0.1, 0.15) is 29.8 Å². The molecule has 0 bridgehead atoms. The highest BCUT2D eigenvalue weighted by Crippen LogP contribution is 2.36. The minimum Gasteiger partial charge on any atom is -0.479 e. The zero-order chi connectivity index (χ0) is 22.5. The van der Waals surface area contributed by atoms with Gasteiger partial charge in [0.05, 0.1) is 16.2 Å². The molecule has 1 atom stereocenters. The average Bonchev–Trinajstić information content (AvgIpc) is 3.03. The number of aliphatic imine (C=N–C) groups is 1. The van der Waals surface area contributed by atoms with E-state index in [4.69, 9.17) is 9.84 Å². The predicted molar refractivity (Wildman–Crippen MR) is 118 cm³/mol. The van der Waals surface area contributed by atoms with Crippen molar-refractivity contribution in [3.63, 3.8) is 0 Å². The van der Waals surface area contributed by atoms with Crippen LogP contribution in [0, 0.1) is 0 Å². The van der Waals surface area contributed by atoms with Crippen molar-refractivity contribution in [3.05, 3.63) is 64.6 Å². The van der Waals surface area contributed by atoms with Crippen molar-refractivity contribution in [2.75, 3.05) is 6.54 Å². The van der Waals surface area contributed by atoms with Crippen molar-refractivity contribution in [1.29, 1.82) is 0 Å². The van der Waals surface area contributed by atoms with Crippen LogP contribution in [0.3, 0.4) is 0 Å². The van der Waals surface area contributed by atoms with Crippen LogP contribution in [-0.4, -0.2) is 50.8 Å². The van der Waals surface area contributed by atoms with E-state index in [0.717, 1.165) is 11.8 Å². The van der Waals surface area contributed by atoms with Crippen molar-refractivity contribution < 1.29 is 29.3 Å². The molecule has 1 aliphatic heterocycles. The number of hydrogen-bond acceptors (Lipinski definition) is 6. The number of thioether (sulfide) groups is 1. The molecule has 9 heteroatoms. The Hall–Kier alpha value is -3.59. The molecular formula is C22H20N2O6S. The molecule has 2 N–H and O–H groups in total. The summed E-state index contributed by atoms with van der Waals surface area (Å²) in [7, 11) is 0. The molecule has 0 aromatic heterocycles. The zero-order valence-corrected chi connectivity index (χ0v) is 17.6. The number of likely N-dealkylation sites (N-methyl/N-ethyl adjacent to an activating group) is 1. The smallest absolute Gasteiger partial charge is 0.344 e. The Bertz CT molecular complexity index is 1090. The van der Waals surface area contributed by atoms with Crippen molar-refractivity contribution in [1.82, 2.24) is 4.90 Å². The van der Waals surface area contributed by atoms with Crippen LogP contribution in [0.25, 0.3) is 6.08 Å². The third-order valence-electron chi connectivity index (χ3n) is 4.41. The maximum Gasteiger partial charge on any atom is 0.344 e. The minimum absolute atomic E-state index is 0.0398. The van der Waals surface area contributed by atoms with Crippen molar-refractivity contribution >= 4 is 46.5 Å². The molecule has 1 unspecified atom stereocenters. The van der Waals surface area contributed by atoms with E-state index in [2.05, 4.69) is 4.99 Å². The van der Waals surface area contributed by atoms with E-state index in [0.29, 0.717) is 27.9 Å². The van der Waals surface area contributed by atoms with E-state index < -0.39 is 18.0 Å². The average molecular weight is 440 g/mol. The lowest BCUT2D eigenvalue weighted by Gasteiger charge is -2.13. The first-order chi connectivity index (χ1) is 14.8. The van der Waals surface area contributed by atoms with Crippen LogP contribution in [0.5, 0.6) is 5.75 Å². The van der Waals surface area contributed by atoms with Gasteiger partial charge in [0.1, 0.15) is 5.75 Å². The lowest BCUT2D eigenvalue weighted by Crippen LogP contribution is -2.28. The first-order valence-corrected chi connectivity index (χ1v) is 10.2. The molecule has 1 aliphatic rings. The van der Waals surface area contributed by atoms with E-state index in [1.165, 1.54) is 17.9 Å². The molecule has 0 saturated carbocycles. The highest BCUT2D eigenvalue weighted by molar-refractivity contribution is 8.18.